The fraction of sp³-hybridized carbons (Fsp3) is 0.353. The van der Waals surface area contributed by atoms with Crippen LogP contribution in [-0.4, -0.2) is 11.1 Å². The molecule has 1 aromatic heterocycles. The zero-order chi connectivity index (χ0) is 16.4. The first-order valence-corrected chi connectivity index (χ1v) is 7.84. The van der Waals surface area contributed by atoms with Gasteiger partial charge in [-0.1, -0.05) is 29.8 Å². The number of carboxylic acids is 1. The highest BCUT2D eigenvalue weighted by Gasteiger charge is 2.15. The van der Waals surface area contributed by atoms with E-state index < -0.39 is 5.97 Å². The molecular formula is C17H19BrO4. The molecule has 0 amide bonds. The van der Waals surface area contributed by atoms with Crippen molar-refractivity contribution in [3.8, 4) is 5.75 Å². The van der Waals surface area contributed by atoms with Gasteiger partial charge < -0.3 is 14.3 Å². The monoisotopic (exact) mass is 366 g/mol. The highest BCUT2D eigenvalue weighted by molar-refractivity contribution is 9.10. The van der Waals surface area contributed by atoms with Crippen LogP contribution in [0.15, 0.2) is 27.1 Å². The molecule has 0 fully saturated rings. The Bertz CT molecular complexity index is 701. The molecule has 0 atom stereocenters. The van der Waals surface area contributed by atoms with E-state index in [1.807, 2.05) is 13.0 Å². The molecule has 0 spiro atoms. The first-order valence-electron chi connectivity index (χ1n) is 7.05. The van der Waals surface area contributed by atoms with Gasteiger partial charge in [0, 0.05) is 10.0 Å². The fourth-order valence-electron chi connectivity index (χ4n) is 2.17. The van der Waals surface area contributed by atoms with E-state index in [4.69, 9.17) is 14.3 Å². The van der Waals surface area contributed by atoms with Crippen molar-refractivity contribution in [3.63, 3.8) is 0 Å². The van der Waals surface area contributed by atoms with Crippen LogP contribution >= 0.6 is 15.9 Å². The number of furan rings is 1. The van der Waals surface area contributed by atoms with Gasteiger partial charge in [-0.15, -0.1) is 0 Å². The SMILES string of the molecule is Cc1cc(OCc2cc(C(=O)O)oc2C)c(C(C)C)cc1Br. The third-order valence-electron chi connectivity index (χ3n) is 3.53. The summed E-state index contributed by atoms with van der Waals surface area (Å²) < 4.78 is 12.2. The number of ether oxygens (including phenoxy) is 1. The third kappa shape index (κ3) is 3.53. The van der Waals surface area contributed by atoms with Crippen molar-refractivity contribution in [2.75, 3.05) is 0 Å². The summed E-state index contributed by atoms with van der Waals surface area (Å²) in [5, 5.41) is 8.95. The number of hydrogen-bond acceptors (Lipinski definition) is 3. The van der Waals surface area contributed by atoms with Gasteiger partial charge in [0.05, 0.1) is 0 Å². The lowest BCUT2D eigenvalue weighted by molar-refractivity contribution is 0.0661. The van der Waals surface area contributed by atoms with Crippen LogP contribution < -0.4 is 4.74 Å². The van der Waals surface area contributed by atoms with E-state index in [-0.39, 0.29) is 12.4 Å². The van der Waals surface area contributed by atoms with Crippen molar-refractivity contribution in [3.05, 3.63) is 50.9 Å². The molecule has 5 heteroatoms. The van der Waals surface area contributed by atoms with Crippen LogP contribution in [-0.2, 0) is 6.61 Å². The van der Waals surface area contributed by atoms with E-state index in [1.165, 1.54) is 6.07 Å². The molecule has 22 heavy (non-hydrogen) atoms. The summed E-state index contributed by atoms with van der Waals surface area (Å²) in [6, 6.07) is 5.58. The number of aromatic carboxylic acids is 1. The number of hydrogen-bond donors (Lipinski definition) is 1. The number of aryl methyl sites for hydroxylation is 2. The average Bonchev–Trinajstić information content (AvgIpc) is 2.81. The smallest absolute Gasteiger partial charge is 0.371 e. The fourth-order valence-corrected chi connectivity index (χ4v) is 2.53. The van der Waals surface area contributed by atoms with Crippen molar-refractivity contribution in [2.45, 2.75) is 40.2 Å². The Morgan fingerprint density at radius 1 is 1.32 bits per heavy atom. The van der Waals surface area contributed by atoms with Crippen molar-refractivity contribution in [2.24, 2.45) is 0 Å². The molecule has 0 aliphatic rings. The highest BCUT2D eigenvalue weighted by atomic mass is 79.9. The lowest BCUT2D eigenvalue weighted by Crippen LogP contribution is -2.01. The van der Waals surface area contributed by atoms with Crippen molar-refractivity contribution >= 4 is 21.9 Å². The number of halogens is 1. The minimum absolute atomic E-state index is 0.0628. The van der Waals surface area contributed by atoms with Gasteiger partial charge >= 0.3 is 5.97 Å². The van der Waals surface area contributed by atoms with Crippen LogP contribution in [0.3, 0.4) is 0 Å². The predicted octanol–water partition coefficient (Wildman–Crippen LogP) is 5.06. The Morgan fingerprint density at radius 2 is 2.00 bits per heavy atom. The molecule has 0 unspecified atom stereocenters. The third-order valence-corrected chi connectivity index (χ3v) is 4.38. The van der Waals surface area contributed by atoms with Crippen molar-refractivity contribution in [1.29, 1.82) is 0 Å². The maximum absolute atomic E-state index is 10.9. The van der Waals surface area contributed by atoms with E-state index in [9.17, 15) is 4.79 Å². The summed E-state index contributed by atoms with van der Waals surface area (Å²) in [6.07, 6.45) is 0. The Labute approximate surface area is 138 Å². The van der Waals surface area contributed by atoms with Gasteiger partial charge in [0.25, 0.3) is 0 Å². The number of carbonyl (C=O) groups is 1. The molecule has 0 saturated heterocycles. The van der Waals surface area contributed by atoms with Gasteiger partial charge in [-0.2, -0.15) is 0 Å². The van der Waals surface area contributed by atoms with Crippen LogP contribution in [0.1, 0.15) is 52.8 Å². The number of benzene rings is 1. The standard InChI is InChI=1S/C17H19BrO4/c1-9(2)13-7-14(18)10(3)5-15(13)21-8-12-6-16(17(19)20)22-11(12)4/h5-7,9H,8H2,1-4H3,(H,19,20). The summed E-state index contributed by atoms with van der Waals surface area (Å²) in [5.74, 6) is 0.571. The van der Waals surface area contributed by atoms with Gasteiger partial charge in [0.1, 0.15) is 18.1 Å². The summed E-state index contributed by atoms with van der Waals surface area (Å²) in [7, 11) is 0. The quantitative estimate of drug-likeness (QED) is 0.803. The van der Waals surface area contributed by atoms with Crippen molar-refractivity contribution in [1.82, 2.24) is 0 Å². The largest absolute Gasteiger partial charge is 0.488 e. The first-order chi connectivity index (χ1) is 10.3. The predicted molar refractivity (Wildman–Crippen MR) is 87.7 cm³/mol. The maximum atomic E-state index is 10.9. The van der Waals surface area contributed by atoms with Crippen molar-refractivity contribution < 1.29 is 19.1 Å². The second kappa shape index (κ2) is 6.57. The number of carboxylic acid groups (broad SMARTS) is 1. The zero-order valence-electron chi connectivity index (χ0n) is 13.1. The molecule has 4 nitrogen and oxygen atoms in total. The molecular weight excluding hydrogens is 348 g/mol. The molecule has 0 aliphatic heterocycles. The van der Waals surface area contributed by atoms with Crippen LogP contribution in [0.2, 0.25) is 0 Å². The van der Waals surface area contributed by atoms with Gasteiger partial charge in [0.15, 0.2) is 0 Å². The Kier molecular flexibility index (Phi) is 4.96. The van der Waals surface area contributed by atoms with Gasteiger partial charge in [0.2, 0.25) is 5.76 Å². The molecule has 0 radical (unpaired) electrons. The molecule has 118 valence electrons. The molecule has 1 heterocycles. The van der Waals surface area contributed by atoms with E-state index >= 15 is 0 Å². The topological polar surface area (TPSA) is 59.7 Å². The number of rotatable bonds is 5. The molecule has 2 aromatic rings. The second-order valence-electron chi connectivity index (χ2n) is 5.58. The van der Waals surface area contributed by atoms with Gasteiger partial charge in [-0.25, -0.2) is 4.79 Å². The van der Waals surface area contributed by atoms with E-state index in [1.54, 1.807) is 6.92 Å². The van der Waals surface area contributed by atoms with Crippen LogP contribution in [0.25, 0.3) is 0 Å². The normalized spacial score (nSPS) is 11.0. The van der Waals surface area contributed by atoms with Crippen LogP contribution in [0.4, 0.5) is 0 Å². The summed E-state index contributed by atoms with van der Waals surface area (Å²) in [6.45, 7) is 8.24. The lowest BCUT2D eigenvalue weighted by atomic mass is 10.0. The molecule has 2 rings (SSSR count). The molecule has 0 saturated carbocycles. The Hall–Kier alpha value is -1.75. The second-order valence-corrected chi connectivity index (χ2v) is 6.43. The minimum atomic E-state index is -1.07. The zero-order valence-corrected chi connectivity index (χ0v) is 14.7. The first kappa shape index (κ1) is 16.6. The Morgan fingerprint density at radius 3 is 2.55 bits per heavy atom. The Balaban J connectivity index is 2.24. The van der Waals surface area contributed by atoms with E-state index in [0.29, 0.717) is 11.7 Å². The molecule has 1 aromatic carbocycles. The summed E-state index contributed by atoms with van der Waals surface area (Å²) in [5.41, 5.74) is 2.94. The molecule has 0 aliphatic carbocycles. The van der Waals surface area contributed by atoms with Gasteiger partial charge in [-0.3, -0.25) is 0 Å². The summed E-state index contributed by atoms with van der Waals surface area (Å²) >= 11 is 3.54. The maximum Gasteiger partial charge on any atom is 0.371 e. The summed E-state index contributed by atoms with van der Waals surface area (Å²) in [4.78, 5) is 10.9. The molecule has 0 bridgehead atoms. The van der Waals surface area contributed by atoms with Gasteiger partial charge in [-0.05, 0) is 49.1 Å². The van der Waals surface area contributed by atoms with E-state index in [2.05, 4.69) is 35.8 Å². The average molecular weight is 367 g/mol. The highest BCUT2D eigenvalue weighted by Crippen LogP contribution is 2.33. The minimum Gasteiger partial charge on any atom is -0.488 e. The van der Waals surface area contributed by atoms with Crippen LogP contribution in [0, 0.1) is 13.8 Å². The lowest BCUT2D eigenvalue weighted by Gasteiger charge is -2.16. The molecule has 1 N–H and O–H groups in total. The van der Waals surface area contributed by atoms with Crippen LogP contribution in [0.5, 0.6) is 5.75 Å². The van der Waals surface area contributed by atoms with E-state index in [0.717, 1.165) is 26.9 Å².